The first kappa shape index (κ1) is 25.2. The number of imidazole rings is 1. The molecule has 0 radical (unpaired) electrons. The van der Waals surface area contributed by atoms with E-state index in [1.807, 2.05) is 4.98 Å². The predicted molar refractivity (Wildman–Crippen MR) is 104 cm³/mol. The Bertz CT molecular complexity index is 1100. The van der Waals surface area contributed by atoms with Gasteiger partial charge in [0.15, 0.2) is 5.52 Å². The van der Waals surface area contributed by atoms with Gasteiger partial charge in [0.1, 0.15) is 24.0 Å². The molecule has 0 bridgehead atoms. The Labute approximate surface area is 173 Å². The van der Waals surface area contributed by atoms with Crippen molar-refractivity contribution >= 4 is 19.0 Å². The van der Waals surface area contributed by atoms with Gasteiger partial charge in [-0.1, -0.05) is 0 Å². The van der Waals surface area contributed by atoms with Gasteiger partial charge in [-0.2, -0.15) is 0 Å². The summed E-state index contributed by atoms with van der Waals surface area (Å²) >= 11 is 0. The predicted octanol–water partition coefficient (Wildman–Crippen LogP) is -3.47. The van der Waals surface area contributed by atoms with E-state index in [9.17, 15) is 34.3 Å². The number of aromatic nitrogens is 4. The molecule has 176 valence electrons. The average Bonchev–Trinajstić information content (AvgIpc) is 2.94. The standard InChI is InChI=1S/C15H25N4O11P/c20-7-9(22)11(23)8(21)6-19-12-10(13(24)17-14(25)16-12)18(15(19)26)4-2-1-3-5-30-31(27,28)29/h8-9,11,20-23H,1-7H2,(H2,27,28,29)(H2,16,17,24,25)/t8-,9+,11-/m1/s1. The molecule has 0 saturated carbocycles. The lowest BCUT2D eigenvalue weighted by atomic mass is 10.1. The van der Waals surface area contributed by atoms with Crippen LogP contribution >= 0.6 is 7.82 Å². The summed E-state index contributed by atoms with van der Waals surface area (Å²) in [5.74, 6) is 0. The maximum atomic E-state index is 12.8. The Hall–Kier alpha value is -2.10. The molecule has 0 saturated heterocycles. The van der Waals surface area contributed by atoms with E-state index in [1.54, 1.807) is 0 Å². The first-order valence-electron chi connectivity index (χ1n) is 9.27. The molecule has 8 N–H and O–H groups in total. The second kappa shape index (κ2) is 10.5. The summed E-state index contributed by atoms with van der Waals surface area (Å²) < 4.78 is 16.9. The number of fused-ring (bicyclic) bond motifs is 1. The van der Waals surface area contributed by atoms with Crippen LogP contribution in [0.3, 0.4) is 0 Å². The molecule has 0 amide bonds. The Morgan fingerprint density at radius 1 is 0.968 bits per heavy atom. The van der Waals surface area contributed by atoms with Crippen LogP contribution in [0.2, 0.25) is 0 Å². The van der Waals surface area contributed by atoms with Gasteiger partial charge in [0.2, 0.25) is 0 Å². The third kappa shape index (κ3) is 6.44. The lowest BCUT2D eigenvalue weighted by molar-refractivity contribution is -0.0806. The summed E-state index contributed by atoms with van der Waals surface area (Å²) in [6, 6.07) is 0. The number of aliphatic hydroxyl groups excluding tert-OH is 4. The Kier molecular flexibility index (Phi) is 8.50. The lowest BCUT2D eigenvalue weighted by Crippen LogP contribution is -2.43. The van der Waals surface area contributed by atoms with E-state index in [0.29, 0.717) is 12.8 Å². The van der Waals surface area contributed by atoms with E-state index >= 15 is 0 Å². The van der Waals surface area contributed by atoms with Gasteiger partial charge < -0.3 is 30.2 Å². The number of aryl methyl sites for hydroxylation is 1. The Morgan fingerprint density at radius 3 is 2.26 bits per heavy atom. The molecule has 2 heterocycles. The fourth-order valence-electron chi connectivity index (χ4n) is 3.02. The normalized spacial score (nSPS) is 15.3. The zero-order chi connectivity index (χ0) is 23.3. The molecule has 31 heavy (non-hydrogen) atoms. The van der Waals surface area contributed by atoms with Crippen LogP contribution in [0.25, 0.3) is 11.2 Å². The fourth-order valence-corrected chi connectivity index (χ4v) is 3.39. The zero-order valence-corrected chi connectivity index (χ0v) is 17.1. The number of nitrogens with zero attached hydrogens (tertiary/aromatic N) is 2. The first-order chi connectivity index (χ1) is 14.5. The first-order valence-corrected chi connectivity index (χ1v) is 10.8. The lowest BCUT2D eigenvalue weighted by Gasteiger charge is -2.21. The minimum Gasteiger partial charge on any atom is -0.394 e. The van der Waals surface area contributed by atoms with Gasteiger partial charge in [-0.3, -0.25) is 28.4 Å². The van der Waals surface area contributed by atoms with Crippen molar-refractivity contribution in [2.24, 2.45) is 0 Å². The minimum atomic E-state index is -4.57. The van der Waals surface area contributed by atoms with Crippen LogP contribution < -0.4 is 16.9 Å². The molecule has 15 nitrogen and oxygen atoms in total. The highest BCUT2D eigenvalue weighted by Crippen LogP contribution is 2.35. The molecule has 3 atom stereocenters. The molecular weight excluding hydrogens is 443 g/mol. The third-order valence-corrected chi connectivity index (χ3v) is 5.05. The number of aromatic amines is 2. The number of aliphatic hydroxyl groups is 4. The second-order valence-electron chi connectivity index (χ2n) is 6.84. The SMILES string of the molecule is O=c1[nH]c(=O)c2c([nH]1)n(C[C@@H](O)[C@@H](O)[C@@H](O)CO)c(=O)n2CCCCCOP(=O)(O)O. The van der Waals surface area contributed by atoms with Crippen LogP contribution in [0, 0.1) is 0 Å². The molecular formula is C15H25N4O11P. The highest BCUT2D eigenvalue weighted by Gasteiger charge is 2.27. The van der Waals surface area contributed by atoms with Gasteiger partial charge in [-0.05, 0) is 19.3 Å². The van der Waals surface area contributed by atoms with Crippen molar-refractivity contribution in [3.8, 4) is 0 Å². The van der Waals surface area contributed by atoms with Crippen LogP contribution in [-0.2, 0) is 22.2 Å². The van der Waals surface area contributed by atoms with E-state index in [-0.39, 0.29) is 30.7 Å². The van der Waals surface area contributed by atoms with Gasteiger partial charge in [-0.15, -0.1) is 0 Å². The Morgan fingerprint density at radius 2 is 1.65 bits per heavy atom. The molecule has 0 aliphatic heterocycles. The fraction of sp³-hybridized carbons (Fsp3) is 0.667. The van der Waals surface area contributed by atoms with Gasteiger partial charge in [-0.25, -0.2) is 14.2 Å². The van der Waals surface area contributed by atoms with E-state index in [0.717, 1.165) is 9.13 Å². The van der Waals surface area contributed by atoms with Crippen molar-refractivity contribution in [1.82, 2.24) is 19.1 Å². The van der Waals surface area contributed by atoms with Crippen molar-refractivity contribution in [2.45, 2.75) is 50.7 Å². The summed E-state index contributed by atoms with van der Waals surface area (Å²) in [7, 11) is -4.57. The van der Waals surface area contributed by atoms with E-state index < -0.39 is 56.2 Å². The number of hydrogen-bond acceptors (Lipinski definition) is 9. The number of phosphoric acid groups is 1. The molecule has 0 unspecified atom stereocenters. The topological polar surface area (TPSA) is 240 Å². The van der Waals surface area contributed by atoms with Crippen LogP contribution in [0.15, 0.2) is 14.4 Å². The van der Waals surface area contributed by atoms with Crippen LogP contribution in [0.1, 0.15) is 19.3 Å². The highest BCUT2D eigenvalue weighted by atomic mass is 31.2. The molecule has 2 aromatic heterocycles. The Balaban J connectivity index is 2.26. The third-order valence-electron chi connectivity index (χ3n) is 4.53. The number of hydrogen-bond donors (Lipinski definition) is 8. The minimum absolute atomic E-state index is 0.00524. The smallest absolute Gasteiger partial charge is 0.394 e. The van der Waals surface area contributed by atoms with Gasteiger partial charge >= 0.3 is 19.2 Å². The zero-order valence-electron chi connectivity index (χ0n) is 16.2. The molecule has 0 spiro atoms. The van der Waals surface area contributed by atoms with Crippen LogP contribution in [-0.4, -0.2) is 80.8 Å². The summed E-state index contributed by atoms with van der Waals surface area (Å²) in [5, 5.41) is 38.3. The monoisotopic (exact) mass is 468 g/mol. The second-order valence-corrected chi connectivity index (χ2v) is 8.08. The molecule has 0 aromatic carbocycles. The molecule has 2 rings (SSSR count). The number of rotatable bonds is 12. The maximum Gasteiger partial charge on any atom is 0.469 e. The van der Waals surface area contributed by atoms with E-state index in [4.69, 9.17) is 14.9 Å². The van der Waals surface area contributed by atoms with Crippen molar-refractivity contribution in [2.75, 3.05) is 13.2 Å². The van der Waals surface area contributed by atoms with Gasteiger partial charge in [0, 0.05) is 6.54 Å². The molecule has 0 aliphatic carbocycles. The molecule has 16 heteroatoms. The van der Waals surface area contributed by atoms with E-state index in [2.05, 4.69) is 9.51 Å². The maximum absolute atomic E-state index is 12.8. The average molecular weight is 468 g/mol. The van der Waals surface area contributed by atoms with Crippen molar-refractivity contribution in [3.05, 3.63) is 31.3 Å². The van der Waals surface area contributed by atoms with Crippen molar-refractivity contribution in [3.63, 3.8) is 0 Å². The summed E-state index contributed by atoms with van der Waals surface area (Å²) in [6.45, 7) is -1.62. The van der Waals surface area contributed by atoms with Gasteiger partial charge in [0.25, 0.3) is 5.56 Å². The van der Waals surface area contributed by atoms with Crippen LogP contribution in [0.4, 0.5) is 0 Å². The summed E-state index contributed by atoms with van der Waals surface area (Å²) in [6.07, 6.45) is -4.18. The van der Waals surface area contributed by atoms with Gasteiger partial charge in [0.05, 0.1) is 19.8 Å². The summed E-state index contributed by atoms with van der Waals surface area (Å²) in [4.78, 5) is 58.3. The molecule has 2 aromatic rings. The van der Waals surface area contributed by atoms with Crippen molar-refractivity contribution in [1.29, 1.82) is 0 Å². The number of unbranched alkanes of at least 4 members (excludes halogenated alkanes) is 2. The molecule has 0 aliphatic rings. The largest absolute Gasteiger partial charge is 0.469 e. The van der Waals surface area contributed by atoms with Crippen LogP contribution in [0.5, 0.6) is 0 Å². The van der Waals surface area contributed by atoms with Crippen molar-refractivity contribution < 1.29 is 39.3 Å². The highest BCUT2D eigenvalue weighted by molar-refractivity contribution is 7.46. The number of phosphoric ester groups is 1. The molecule has 0 fully saturated rings. The number of H-pyrrole nitrogens is 2. The summed E-state index contributed by atoms with van der Waals surface area (Å²) in [5.41, 5.74) is -2.92. The number of nitrogens with one attached hydrogen (secondary N) is 2. The quantitative estimate of drug-likeness (QED) is 0.112. The van der Waals surface area contributed by atoms with E-state index in [1.165, 1.54) is 0 Å².